The Hall–Kier alpha value is -0.520. The summed E-state index contributed by atoms with van der Waals surface area (Å²) in [6.45, 7) is 5.79. The third-order valence-electron chi connectivity index (χ3n) is 1.63. The van der Waals surface area contributed by atoms with Crippen molar-refractivity contribution in [2.24, 2.45) is 0 Å². The van der Waals surface area contributed by atoms with E-state index in [0.29, 0.717) is 17.3 Å². The van der Waals surface area contributed by atoms with Crippen LogP contribution in [0.15, 0.2) is 17.0 Å². The number of halogens is 1. The fraction of sp³-hybridized carbons (Fsp3) is 0.400. The highest BCUT2D eigenvalue weighted by molar-refractivity contribution is 7.99. The molecule has 3 nitrogen and oxygen atoms in total. The summed E-state index contributed by atoms with van der Waals surface area (Å²) in [7, 11) is 0. The van der Waals surface area contributed by atoms with Crippen LogP contribution in [0.3, 0.4) is 0 Å². The molecular formula is C10H13ClN2OS2. The van der Waals surface area contributed by atoms with Gasteiger partial charge in [0, 0.05) is 16.2 Å². The lowest BCUT2D eigenvalue weighted by Crippen LogP contribution is -2.26. The molecule has 0 unspecified atom stereocenters. The van der Waals surface area contributed by atoms with Crippen LogP contribution in [0.1, 0.15) is 10.7 Å². The lowest BCUT2D eigenvalue weighted by atomic mass is 10.6. The van der Waals surface area contributed by atoms with E-state index in [1.807, 2.05) is 12.3 Å². The Bertz CT molecular complexity index is 379. The summed E-state index contributed by atoms with van der Waals surface area (Å²) in [6.07, 6.45) is 0. The summed E-state index contributed by atoms with van der Waals surface area (Å²) in [4.78, 5) is 15.6. The molecule has 1 N–H and O–H groups in total. The van der Waals surface area contributed by atoms with Crippen molar-refractivity contribution in [3.05, 3.63) is 27.7 Å². The highest BCUT2D eigenvalue weighted by atomic mass is 35.5. The van der Waals surface area contributed by atoms with E-state index >= 15 is 0 Å². The molecule has 0 atom stereocenters. The van der Waals surface area contributed by atoms with Gasteiger partial charge in [-0.2, -0.15) is 0 Å². The zero-order chi connectivity index (χ0) is 12.0. The fourth-order valence-electron chi connectivity index (χ4n) is 0.968. The van der Waals surface area contributed by atoms with Crippen LogP contribution in [0.5, 0.6) is 0 Å². The first-order valence-corrected chi connectivity index (χ1v) is 7.08. The van der Waals surface area contributed by atoms with E-state index in [1.54, 1.807) is 11.3 Å². The van der Waals surface area contributed by atoms with E-state index in [0.717, 1.165) is 16.5 Å². The predicted octanol–water partition coefficient (Wildman–Crippen LogP) is 2.55. The summed E-state index contributed by atoms with van der Waals surface area (Å²) in [5.74, 6) is 1.15. The molecule has 0 radical (unpaired) electrons. The van der Waals surface area contributed by atoms with E-state index < -0.39 is 0 Å². The van der Waals surface area contributed by atoms with Gasteiger partial charge in [0.2, 0.25) is 5.91 Å². The van der Waals surface area contributed by atoms with Gasteiger partial charge >= 0.3 is 0 Å². The van der Waals surface area contributed by atoms with Crippen molar-refractivity contribution in [1.82, 2.24) is 10.3 Å². The van der Waals surface area contributed by atoms with E-state index in [1.165, 1.54) is 11.8 Å². The Kier molecular flexibility index (Phi) is 5.87. The van der Waals surface area contributed by atoms with Gasteiger partial charge in [0.1, 0.15) is 0 Å². The van der Waals surface area contributed by atoms with Crippen LogP contribution in [-0.2, 0) is 10.5 Å². The summed E-state index contributed by atoms with van der Waals surface area (Å²) >= 11 is 8.69. The number of hydrogen-bond acceptors (Lipinski definition) is 4. The number of aryl methyl sites for hydroxylation is 1. The number of thioether (sulfide) groups is 1. The maximum atomic E-state index is 11.3. The van der Waals surface area contributed by atoms with Crippen molar-refractivity contribution >= 4 is 40.6 Å². The van der Waals surface area contributed by atoms with Crippen LogP contribution in [0, 0.1) is 6.92 Å². The highest BCUT2D eigenvalue weighted by Crippen LogP contribution is 2.14. The van der Waals surface area contributed by atoms with Gasteiger partial charge in [0.15, 0.2) is 0 Å². The Balaban J connectivity index is 2.15. The smallest absolute Gasteiger partial charge is 0.230 e. The SMILES string of the molecule is C=C(Cl)CNC(=O)CSCc1csc(C)n1. The first kappa shape index (κ1) is 13.5. The van der Waals surface area contributed by atoms with Crippen LogP contribution in [-0.4, -0.2) is 23.2 Å². The van der Waals surface area contributed by atoms with E-state index in [-0.39, 0.29) is 5.91 Å². The molecule has 1 rings (SSSR count). The molecule has 6 heteroatoms. The molecule has 1 aromatic rings. The van der Waals surface area contributed by atoms with E-state index in [2.05, 4.69) is 16.9 Å². The Labute approximate surface area is 108 Å². The van der Waals surface area contributed by atoms with Gasteiger partial charge in [-0.15, -0.1) is 23.1 Å². The maximum absolute atomic E-state index is 11.3. The van der Waals surface area contributed by atoms with E-state index in [4.69, 9.17) is 11.6 Å². The second kappa shape index (κ2) is 6.93. The zero-order valence-electron chi connectivity index (χ0n) is 8.96. The molecular weight excluding hydrogens is 264 g/mol. The molecule has 1 amide bonds. The Morgan fingerprint density at radius 2 is 2.50 bits per heavy atom. The minimum atomic E-state index is -0.0289. The third-order valence-corrected chi connectivity index (χ3v) is 3.55. The topological polar surface area (TPSA) is 42.0 Å². The minimum Gasteiger partial charge on any atom is -0.350 e. The lowest BCUT2D eigenvalue weighted by molar-refractivity contribution is -0.118. The quantitative estimate of drug-likeness (QED) is 0.868. The Morgan fingerprint density at radius 1 is 1.75 bits per heavy atom. The molecule has 1 aromatic heterocycles. The first-order chi connectivity index (χ1) is 7.58. The third kappa shape index (κ3) is 5.53. The molecule has 1 heterocycles. The molecule has 0 aliphatic rings. The summed E-state index contributed by atoms with van der Waals surface area (Å²) in [5.41, 5.74) is 1.03. The first-order valence-electron chi connectivity index (χ1n) is 4.66. The average molecular weight is 277 g/mol. The normalized spacial score (nSPS) is 10.1. The molecule has 88 valence electrons. The monoisotopic (exact) mass is 276 g/mol. The molecule has 0 saturated carbocycles. The highest BCUT2D eigenvalue weighted by Gasteiger charge is 2.03. The van der Waals surface area contributed by atoms with Gasteiger partial charge in [-0.3, -0.25) is 4.79 Å². The maximum Gasteiger partial charge on any atom is 0.230 e. The molecule has 16 heavy (non-hydrogen) atoms. The minimum absolute atomic E-state index is 0.0289. The lowest BCUT2D eigenvalue weighted by Gasteiger charge is -2.02. The summed E-state index contributed by atoms with van der Waals surface area (Å²) in [5, 5.41) is 6.17. The Morgan fingerprint density at radius 3 is 3.06 bits per heavy atom. The van der Waals surface area contributed by atoms with Gasteiger partial charge in [-0.25, -0.2) is 4.98 Å². The number of carbonyl (C=O) groups excluding carboxylic acids is 1. The number of amides is 1. The van der Waals surface area contributed by atoms with Crippen molar-refractivity contribution in [2.45, 2.75) is 12.7 Å². The van der Waals surface area contributed by atoms with Crippen molar-refractivity contribution in [1.29, 1.82) is 0 Å². The van der Waals surface area contributed by atoms with Gasteiger partial charge in [-0.1, -0.05) is 18.2 Å². The van der Waals surface area contributed by atoms with Crippen LogP contribution in [0.4, 0.5) is 0 Å². The van der Waals surface area contributed by atoms with Crippen LogP contribution < -0.4 is 5.32 Å². The second-order valence-electron chi connectivity index (χ2n) is 3.14. The second-order valence-corrected chi connectivity index (χ2v) is 5.73. The largest absolute Gasteiger partial charge is 0.350 e. The number of carbonyl (C=O) groups is 1. The van der Waals surface area contributed by atoms with Crippen LogP contribution in [0.2, 0.25) is 0 Å². The van der Waals surface area contributed by atoms with Gasteiger partial charge in [-0.05, 0) is 6.92 Å². The number of hydrogen-bond donors (Lipinski definition) is 1. The molecule has 0 spiro atoms. The van der Waals surface area contributed by atoms with Crippen molar-refractivity contribution in [2.75, 3.05) is 12.3 Å². The van der Waals surface area contributed by atoms with Gasteiger partial charge in [0.25, 0.3) is 0 Å². The van der Waals surface area contributed by atoms with Crippen LogP contribution >= 0.6 is 34.7 Å². The average Bonchev–Trinajstić information content (AvgIpc) is 2.61. The molecule has 0 saturated heterocycles. The molecule has 0 fully saturated rings. The molecule has 0 bridgehead atoms. The van der Waals surface area contributed by atoms with Gasteiger partial charge in [0.05, 0.1) is 23.0 Å². The molecule has 0 aliphatic carbocycles. The van der Waals surface area contributed by atoms with Crippen LogP contribution in [0.25, 0.3) is 0 Å². The summed E-state index contributed by atoms with van der Waals surface area (Å²) < 4.78 is 0. The van der Waals surface area contributed by atoms with Crippen molar-refractivity contribution in [3.8, 4) is 0 Å². The summed E-state index contributed by atoms with van der Waals surface area (Å²) in [6, 6.07) is 0. The number of nitrogens with one attached hydrogen (secondary N) is 1. The molecule has 0 aliphatic heterocycles. The molecule has 0 aromatic carbocycles. The predicted molar refractivity (Wildman–Crippen MR) is 71.0 cm³/mol. The number of nitrogens with zero attached hydrogens (tertiary/aromatic N) is 1. The fourth-order valence-corrected chi connectivity index (χ4v) is 2.50. The number of aromatic nitrogens is 1. The number of thiazole rings is 1. The van der Waals surface area contributed by atoms with E-state index in [9.17, 15) is 4.79 Å². The number of rotatable bonds is 6. The van der Waals surface area contributed by atoms with Crippen molar-refractivity contribution in [3.63, 3.8) is 0 Å². The van der Waals surface area contributed by atoms with Crippen molar-refractivity contribution < 1.29 is 4.79 Å². The standard InChI is InChI=1S/C10H13ClN2OS2/c1-7(11)3-12-10(14)6-15-4-9-5-16-8(2)13-9/h5H,1,3-4,6H2,2H3,(H,12,14). The van der Waals surface area contributed by atoms with Gasteiger partial charge < -0.3 is 5.32 Å². The zero-order valence-corrected chi connectivity index (χ0v) is 11.3.